The zero-order chi connectivity index (χ0) is 23.9. The number of ether oxygens (including phenoxy) is 1. The summed E-state index contributed by atoms with van der Waals surface area (Å²) in [6, 6.07) is 9.30. The van der Waals surface area contributed by atoms with Gasteiger partial charge in [0.25, 0.3) is 0 Å². The molecule has 0 aliphatic heterocycles. The largest absolute Gasteiger partial charge is 0.444 e. The van der Waals surface area contributed by atoms with E-state index in [0.717, 1.165) is 31.2 Å². The van der Waals surface area contributed by atoms with Crippen molar-refractivity contribution >= 4 is 12.0 Å². The second-order valence-corrected chi connectivity index (χ2v) is 11.1. The molecule has 4 atom stereocenters. The van der Waals surface area contributed by atoms with Gasteiger partial charge in [0.15, 0.2) is 0 Å². The van der Waals surface area contributed by atoms with Gasteiger partial charge in [0.1, 0.15) is 5.60 Å². The van der Waals surface area contributed by atoms with Crippen LogP contribution in [0.2, 0.25) is 0 Å². The summed E-state index contributed by atoms with van der Waals surface area (Å²) in [7, 11) is 0. The minimum absolute atomic E-state index is 0.0640. The van der Waals surface area contributed by atoms with Gasteiger partial charge < -0.3 is 20.5 Å². The lowest BCUT2D eigenvalue weighted by Crippen LogP contribution is -2.49. The summed E-state index contributed by atoms with van der Waals surface area (Å²) in [6.07, 6.45) is 3.46. The summed E-state index contributed by atoms with van der Waals surface area (Å²) < 4.78 is 5.43. The molecule has 0 aromatic heterocycles. The Labute approximate surface area is 193 Å². The van der Waals surface area contributed by atoms with Crippen molar-refractivity contribution < 1.29 is 19.4 Å². The van der Waals surface area contributed by atoms with Crippen molar-refractivity contribution in [2.24, 2.45) is 11.8 Å². The summed E-state index contributed by atoms with van der Waals surface area (Å²) in [6.45, 7) is 11.4. The lowest BCUT2D eigenvalue weighted by atomic mass is 9.74. The maximum atomic E-state index is 12.9. The third kappa shape index (κ3) is 9.19. The zero-order valence-corrected chi connectivity index (χ0v) is 20.6. The van der Waals surface area contributed by atoms with Crippen LogP contribution in [0.15, 0.2) is 30.3 Å². The molecular formula is C26H42N2O4. The molecule has 2 amide bonds. The first kappa shape index (κ1) is 26.2. The van der Waals surface area contributed by atoms with E-state index in [1.54, 1.807) is 0 Å². The van der Waals surface area contributed by atoms with E-state index in [1.807, 2.05) is 71.9 Å². The molecule has 1 aromatic carbocycles. The van der Waals surface area contributed by atoms with Gasteiger partial charge in [0.05, 0.1) is 12.1 Å². The van der Waals surface area contributed by atoms with Crippen LogP contribution in [0.5, 0.6) is 0 Å². The molecule has 3 N–H and O–H groups in total. The highest BCUT2D eigenvalue weighted by molar-refractivity contribution is 5.79. The minimum atomic E-state index is -0.782. The number of carbonyl (C=O) groups excluding carboxylic acids is 2. The molecule has 6 nitrogen and oxygen atoms in total. The molecule has 1 fully saturated rings. The van der Waals surface area contributed by atoms with Crippen LogP contribution in [0.4, 0.5) is 4.79 Å². The maximum absolute atomic E-state index is 12.9. The second kappa shape index (κ2) is 11.2. The fraction of sp³-hybridized carbons (Fsp3) is 0.692. The van der Waals surface area contributed by atoms with Gasteiger partial charge in [-0.2, -0.15) is 0 Å². The maximum Gasteiger partial charge on any atom is 0.407 e. The number of amides is 2. The fourth-order valence-electron chi connectivity index (χ4n) is 4.38. The number of benzene rings is 1. The first-order chi connectivity index (χ1) is 14.8. The van der Waals surface area contributed by atoms with Gasteiger partial charge in [-0.1, -0.05) is 43.2 Å². The highest BCUT2D eigenvalue weighted by Gasteiger charge is 2.36. The van der Waals surface area contributed by atoms with Gasteiger partial charge in [0.2, 0.25) is 5.91 Å². The second-order valence-electron chi connectivity index (χ2n) is 11.1. The Morgan fingerprint density at radius 1 is 1.06 bits per heavy atom. The van der Waals surface area contributed by atoms with Gasteiger partial charge in [-0.05, 0) is 78.7 Å². The molecule has 180 valence electrons. The van der Waals surface area contributed by atoms with Gasteiger partial charge in [-0.25, -0.2) is 4.79 Å². The van der Waals surface area contributed by atoms with Crippen LogP contribution >= 0.6 is 0 Å². The molecule has 0 radical (unpaired) electrons. The van der Waals surface area contributed by atoms with E-state index >= 15 is 0 Å². The smallest absolute Gasteiger partial charge is 0.407 e. The number of nitrogens with one attached hydrogen (secondary N) is 2. The molecule has 6 heteroatoms. The van der Waals surface area contributed by atoms with E-state index in [0.29, 0.717) is 12.8 Å². The minimum Gasteiger partial charge on any atom is -0.444 e. The predicted octanol–water partition coefficient (Wildman–Crippen LogP) is 4.59. The Hall–Kier alpha value is -2.08. The first-order valence-corrected chi connectivity index (χ1v) is 11.9. The van der Waals surface area contributed by atoms with Gasteiger partial charge >= 0.3 is 6.09 Å². The first-order valence-electron chi connectivity index (χ1n) is 11.9. The standard InChI is InChI=1S/C26H42N2O4/c1-25(2,3)28-23(30)20-15-11-10-14-19(20)17-22(29)21(16-18-12-8-7-9-13-18)27-24(31)32-26(4,5)6/h7-9,12-13,19-22,29H,10-11,14-17H2,1-6H3,(H,27,31)(H,28,30)/t19-,20+,21-,22+/m0/s1. The molecule has 0 heterocycles. The summed E-state index contributed by atoms with van der Waals surface area (Å²) in [5, 5.41) is 17.2. The van der Waals surface area contributed by atoms with E-state index < -0.39 is 23.8 Å². The quantitative estimate of drug-likeness (QED) is 0.571. The van der Waals surface area contributed by atoms with E-state index in [2.05, 4.69) is 10.6 Å². The predicted molar refractivity (Wildman–Crippen MR) is 127 cm³/mol. The van der Waals surface area contributed by atoms with Crippen molar-refractivity contribution in [3.63, 3.8) is 0 Å². The highest BCUT2D eigenvalue weighted by atomic mass is 16.6. The number of hydrogen-bond donors (Lipinski definition) is 3. The van der Waals surface area contributed by atoms with Gasteiger partial charge in [0, 0.05) is 11.5 Å². The highest BCUT2D eigenvalue weighted by Crippen LogP contribution is 2.34. The van der Waals surface area contributed by atoms with Crippen LogP contribution in [0.1, 0.15) is 79.2 Å². The van der Waals surface area contributed by atoms with Crippen molar-refractivity contribution in [3.05, 3.63) is 35.9 Å². The third-order valence-electron chi connectivity index (χ3n) is 5.75. The molecule has 0 spiro atoms. The molecule has 1 aliphatic rings. The van der Waals surface area contributed by atoms with Crippen LogP contribution in [0.25, 0.3) is 0 Å². The van der Waals surface area contributed by atoms with Crippen molar-refractivity contribution in [1.29, 1.82) is 0 Å². The molecule has 2 rings (SSSR count). The van der Waals surface area contributed by atoms with Crippen LogP contribution in [0, 0.1) is 11.8 Å². The number of carbonyl (C=O) groups is 2. The topological polar surface area (TPSA) is 87.7 Å². The molecule has 0 saturated heterocycles. The summed E-state index contributed by atoms with van der Waals surface area (Å²) in [5.74, 6) is 0.0328. The number of rotatable bonds is 7. The van der Waals surface area contributed by atoms with E-state index in [1.165, 1.54) is 0 Å². The van der Waals surface area contributed by atoms with Gasteiger partial charge in [-0.15, -0.1) is 0 Å². The van der Waals surface area contributed by atoms with E-state index in [-0.39, 0.29) is 23.3 Å². The Balaban J connectivity index is 2.12. The average Bonchev–Trinajstić information content (AvgIpc) is 2.66. The molecule has 1 aromatic rings. The van der Waals surface area contributed by atoms with Crippen molar-refractivity contribution in [3.8, 4) is 0 Å². The van der Waals surface area contributed by atoms with Crippen LogP contribution in [0.3, 0.4) is 0 Å². The lowest BCUT2D eigenvalue weighted by molar-refractivity contribution is -0.129. The van der Waals surface area contributed by atoms with E-state index in [9.17, 15) is 14.7 Å². The van der Waals surface area contributed by atoms with E-state index in [4.69, 9.17) is 4.74 Å². The molecule has 1 aliphatic carbocycles. The molecule has 32 heavy (non-hydrogen) atoms. The summed E-state index contributed by atoms with van der Waals surface area (Å²) in [5.41, 5.74) is 0.121. The molecule has 1 saturated carbocycles. The van der Waals surface area contributed by atoms with Crippen LogP contribution in [-0.2, 0) is 16.0 Å². The SMILES string of the molecule is CC(C)(C)NC(=O)[C@@H]1CCCC[C@H]1C[C@@H](O)[C@H](Cc1ccccc1)NC(=O)OC(C)(C)C. The number of hydrogen-bond acceptors (Lipinski definition) is 4. The molecule has 0 bridgehead atoms. The van der Waals surface area contributed by atoms with Crippen LogP contribution < -0.4 is 10.6 Å². The monoisotopic (exact) mass is 446 g/mol. The summed E-state index contributed by atoms with van der Waals surface area (Å²) in [4.78, 5) is 25.4. The normalized spacial score (nSPS) is 21.3. The molecule has 0 unspecified atom stereocenters. The zero-order valence-electron chi connectivity index (χ0n) is 20.6. The van der Waals surface area contributed by atoms with Crippen molar-refractivity contribution in [1.82, 2.24) is 10.6 Å². The Morgan fingerprint density at radius 3 is 2.28 bits per heavy atom. The lowest BCUT2D eigenvalue weighted by Gasteiger charge is -2.36. The van der Waals surface area contributed by atoms with Crippen LogP contribution in [-0.4, -0.2) is 40.4 Å². The fourth-order valence-corrected chi connectivity index (χ4v) is 4.38. The number of alkyl carbamates (subject to hydrolysis) is 1. The molecular weight excluding hydrogens is 404 g/mol. The summed E-state index contributed by atoms with van der Waals surface area (Å²) >= 11 is 0. The Morgan fingerprint density at radius 2 is 1.69 bits per heavy atom. The number of aliphatic hydroxyl groups excluding tert-OH is 1. The Bertz CT molecular complexity index is 736. The Kier molecular flexibility index (Phi) is 9.14. The van der Waals surface area contributed by atoms with Gasteiger partial charge in [-0.3, -0.25) is 4.79 Å². The van der Waals surface area contributed by atoms with Crippen molar-refractivity contribution in [2.45, 2.75) is 103 Å². The number of aliphatic hydroxyl groups is 1. The third-order valence-corrected chi connectivity index (χ3v) is 5.75. The average molecular weight is 447 g/mol. The van der Waals surface area contributed by atoms with Crippen molar-refractivity contribution in [2.75, 3.05) is 0 Å².